The molecule has 0 bridgehead atoms. The van der Waals surface area contributed by atoms with E-state index in [1.54, 1.807) is 0 Å². The minimum atomic E-state index is -0.822. The maximum Gasteiger partial charge on any atom is 0.0859 e. The topological polar surface area (TPSA) is 58.9 Å². The molecule has 0 aromatic rings. The quantitative estimate of drug-likeness (QED) is 0.0705. The van der Waals surface area contributed by atoms with E-state index in [2.05, 4.69) is 20.8 Å². The van der Waals surface area contributed by atoms with Crippen molar-refractivity contribution in [2.75, 3.05) is 19.8 Å². The summed E-state index contributed by atoms with van der Waals surface area (Å²) in [5, 5.41) is 20.4. The highest BCUT2D eigenvalue weighted by molar-refractivity contribution is 4.74. The first-order chi connectivity index (χ1) is 20.6. The maximum atomic E-state index is 10.4. The van der Waals surface area contributed by atoms with Crippen molar-refractivity contribution >= 4 is 0 Å². The lowest BCUT2D eigenvalue weighted by molar-refractivity contribution is -0.0594. The van der Waals surface area contributed by atoms with Crippen molar-refractivity contribution in [3.63, 3.8) is 0 Å². The zero-order valence-corrected chi connectivity index (χ0v) is 28.8. The van der Waals surface area contributed by atoms with E-state index in [4.69, 9.17) is 9.47 Å². The second-order valence-corrected chi connectivity index (χ2v) is 13.1. The molecule has 0 aliphatic rings. The molecule has 0 spiro atoms. The summed E-state index contributed by atoms with van der Waals surface area (Å²) in [4.78, 5) is 0. The van der Waals surface area contributed by atoms with Crippen molar-refractivity contribution < 1.29 is 19.7 Å². The summed E-state index contributed by atoms with van der Waals surface area (Å²) in [5.41, 5.74) is 0. The Labute approximate surface area is 264 Å². The molecule has 4 heteroatoms. The van der Waals surface area contributed by atoms with Gasteiger partial charge < -0.3 is 19.7 Å². The van der Waals surface area contributed by atoms with Crippen LogP contribution in [0.3, 0.4) is 0 Å². The molecule has 0 saturated carbocycles. The number of unbranched alkanes of at least 4 members (excludes halogenated alkanes) is 26. The predicted octanol–water partition coefficient (Wildman–Crippen LogP) is 11.3. The lowest BCUT2D eigenvalue weighted by Gasteiger charge is -2.23. The maximum absolute atomic E-state index is 10.4. The van der Waals surface area contributed by atoms with E-state index in [0.717, 1.165) is 12.8 Å². The third-order valence-electron chi connectivity index (χ3n) is 8.72. The van der Waals surface area contributed by atoms with Gasteiger partial charge in [0.2, 0.25) is 0 Å². The molecule has 4 nitrogen and oxygen atoms in total. The van der Waals surface area contributed by atoms with Crippen LogP contribution in [-0.4, -0.2) is 48.3 Å². The molecule has 0 rings (SSSR count). The molecule has 0 aromatic heterocycles. The van der Waals surface area contributed by atoms with Crippen molar-refractivity contribution in [2.45, 2.75) is 218 Å². The number of rotatable bonds is 36. The van der Waals surface area contributed by atoms with Crippen molar-refractivity contribution in [2.24, 2.45) is 0 Å². The van der Waals surface area contributed by atoms with Crippen LogP contribution in [0.2, 0.25) is 0 Å². The van der Waals surface area contributed by atoms with E-state index in [9.17, 15) is 10.2 Å². The Bertz CT molecular complexity index is 484. The summed E-state index contributed by atoms with van der Waals surface area (Å²) < 4.78 is 11.6. The van der Waals surface area contributed by atoms with E-state index < -0.39 is 18.3 Å². The summed E-state index contributed by atoms with van der Waals surface area (Å²) in [6, 6.07) is 0. The summed E-state index contributed by atoms with van der Waals surface area (Å²) in [7, 11) is 0. The van der Waals surface area contributed by atoms with Crippen LogP contribution in [0.25, 0.3) is 0 Å². The largest absolute Gasteiger partial charge is 0.391 e. The highest BCUT2D eigenvalue weighted by atomic mass is 16.5. The standard InChI is InChI=1S/C38H77O4/c1-4-6-8-10-12-14-16-18-20-22-24-26-28-30-32-41-35-37(40)34-38(36(3)39)42-33-31-29-27-25-23-21-19-17-15-13-11-9-7-5-2/h36-40H,3-35H2,1-2H3. The monoisotopic (exact) mass is 598 g/mol. The van der Waals surface area contributed by atoms with Gasteiger partial charge in [0.05, 0.1) is 24.9 Å². The van der Waals surface area contributed by atoms with Gasteiger partial charge in [-0.2, -0.15) is 0 Å². The molecule has 253 valence electrons. The predicted molar refractivity (Wildman–Crippen MR) is 183 cm³/mol. The lowest BCUT2D eigenvalue weighted by Crippen LogP contribution is -2.33. The third-order valence-corrected chi connectivity index (χ3v) is 8.72. The normalized spacial score (nSPS) is 13.9. The molecule has 0 aliphatic carbocycles. The molecule has 3 unspecified atom stereocenters. The van der Waals surface area contributed by atoms with Crippen LogP contribution in [-0.2, 0) is 9.47 Å². The Balaban J connectivity index is 3.49. The molecule has 0 saturated heterocycles. The molecule has 1 radical (unpaired) electrons. The van der Waals surface area contributed by atoms with Crippen molar-refractivity contribution in [3.05, 3.63) is 6.92 Å². The zero-order chi connectivity index (χ0) is 30.8. The van der Waals surface area contributed by atoms with Crippen LogP contribution in [0.5, 0.6) is 0 Å². The van der Waals surface area contributed by atoms with E-state index in [0.29, 0.717) is 26.2 Å². The average molecular weight is 598 g/mol. The van der Waals surface area contributed by atoms with E-state index in [1.807, 2.05) is 0 Å². The van der Waals surface area contributed by atoms with Crippen molar-refractivity contribution in [3.8, 4) is 0 Å². The fraction of sp³-hybridized carbons (Fsp3) is 0.974. The summed E-state index contributed by atoms with van der Waals surface area (Å²) >= 11 is 0. The number of ether oxygens (including phenoxy) is 2. The molecule has 0 fully saturated rings. The zero-order valence-electron chi connectivity index (χ0n) is 28.8. The first-order valence-electron chi connectivity index (χ1n) is 19.0. The minimum absolute atomic E-state index is 0.309. The van der Waals surface area contributed by atoms with Crippen LogP contribution in [0.1, 0.15) is 200 Å². The van der Waals surface area contributed by atoms with Crippen molar-refractivity contribution in [1.82, 2.24) is 0 Å². The van der Waals surface area contributed by atoms with Gasteiger partial charge in [0.25, 0.3) is 0 Å². The van der Waals surface area contributed by atoms with E-state index in [-0.39, 0.29) is 0 Å². The molecule has 2 N–H and O–H groups in total. The van der Waals surface area contributed by atoms with Gasteiger partial charge in [0.1, 0.15) is 0 Å². The summed E-state index contributed by atoms with van der Waals surface area (Å²) in [5.74, 6) is 0. The van der Waals surface area contributed by atoms with E-state index in [1.165, 1.54) is 167 Å². The van der Waals surface area contributed by atoms with Crippen LogP contribution in [0.4, 0.5) is 0 Å². The lowest BCUT2D eigenvalue weighted by atomic mass is 10.0. The number of aliphatic hydroxyl groups is 2. The number of aliphatic hydroxyl groups excluding tert-OH is 2. The number of hydrogen-bond donors (Lipinski definition) is 2. The molecule has 3 atom stereocenters. The number of hydrogen-bond acceptors (Lipinski definition) is 4. The third kappa shape index (κ3) is 32.7. The Morgan fingerprint density at radius 2 is 0.762 bits per heavy atom. The fourth-order valence-electron chi connectivity index (χ4n) is 5.82. The highest BCUT2D eigenvalue weighted by Gasteiger charge is 2.20. The van der Waals surface area contributed by atoms with Gasteiger partial charge in [-0.1, -0.05) is 181 Å². The van der Waals surface area contributed by atoms with Gasteiger partial charge in [-0.05, 0) is 19.8 Å². The van der Waals surface area contributed by atoms with Gasteiger partial charge >= 0.3 is 0 Å². The van der Waals surface area contributed by atoms with E-state index >= 15 is 0 Å². The molecule has 0 amide bonds. The SMILES string of the molecule is [CH2]C(O)C(CC(O)COCCCCCCCCCCCCCCCC)OCCCCCCCCCCCCCCCC. The highest BCUT2D eigenvalue weighted by Crippen LogP contribution is 2.15. The summed E-state index contributed by atoms with van der Waals surface area (Å²) in [6.45, 7) is 9.94. The summed E-state index contributed by atoms with van der Waals surface area (Å²) in [6.07, 6.45) is 36.1. The Morgan fingerprint density at radius 3 is 1.10 bits per heavy atom. The van der Waals surface area contributed by atoms with Crippen molar-refractivity contribution in [1.29, 1.82) is 0 Å². The van der Waals surface area contributed by atoms with Crippen LogP contribution >= 0.6 is 0 Å². The molecule has 0 heterocycles. The first kappa shape index (κ1) is 41.8. The van der Waals surface area contributed by atoms with Crippen LogP contribution in [0, 0.1) is 6.92 Å². The molecular formula is C38H77O4. The Hall–Kier alpha value is -0.160. The first-order valence-corrected chi connectivity index (χ1v) is 19.0. The van der Waals surface area contributed by atoms with Gasteiger partial charge in [-0.3, -0.25) is 0 Å². The van der Waals surface area contributed by atoms with Crippen LogP contribution in [0.15, 0.2) is 0 Å². The fourth-order valence-corrected chi connectivity index (χ4v) is 5.82. The second kappa shape index (κ2) is 35.3. The van der Waals surface area contributed by atoms with Crippen LogP contribution < -0.4 is 0 Å². The molecule has 0 aliphatic heterocycles. The molecular weight excluding hydrogens is 520 g/mol. The molecule has 0 aromatic carbocycles. The molecule has 42 heavy (non-hydrogen) atoms. The second-order valence-electron chi connectivity index (χ2n) is 13.1. The average Bonchev–Trinajstić information content (AvgIpc) is 2.98. The minimum Gasteiger partial charge on any atom is -0.391 e. The van der Waals surface area contributed by atoms with Gasteiger partial charge in [-0.15, -0.1) is 0 Å². The van der Waals surface area contributed by atoms with Gasteiger partial charge in [-0.25, -0.2) is 0 Å². The van der Waals surface area contributed by atoms with Gasteiger partial charge in [0, 0.05) is 19.6 Å². The Morgan fingerprint density at radius 1 is 0.452 bits per heavy atom. The Kier molecular flexibility index (Phi) is 35.2. The van der Waals surface area contributed by atoms with Gasteiger partial charge in [0.15, 0.2) is 0 Å². The smallest absolute Gasteiger partial charge is 0.0859 e.